The van der Waals surface area contributed by atoms with E-state index in [9.17, 15) is 4.79 Å². The Hall–Kier alpha value is -4.19. The summed E-state index contributed by atoms with van der Waals surface area (Å²) in [7, 11) is 3.14. The van der Waals surface area contributed by atoms with Crippen molar-refractivity contribution in [1.29, 1.82) is 0 Å². The number of fused-ring (bicyclic) bond motifs is 1. The highest BCUT2D eigenvalue weighted by molar-refractivity contribution is 5.81. The Balaban J connectivity index is 1.83. The van der Waals surface area contributed by atoms with Gasteiger partial charge in [-0.2, -0.15) is 9.78 Å². The predicted molar refractivity (Wildman–Crippen MR) is 124 cm³/mol. The van der Waals surface area contributed by atoms with E-state index < -0.39 is 0 Å². The molecule has 0 saturated carbocycles. The first kappa shape index (κ1) is 20.1. The van der Waals surface area contributed by atoms with E-state index in [1.54, 1.807) is 44.7 Å². The van der Waals surface area contributed by atoms with Crippen molar-refractivity contribution in [3.63, 3.8) is 0 Å². The van der Waals surface area contributed by atoms with Crippen LogP contribution in [0.2, 0.25) is 0 Å². The molecule has 154 valence electrons. The van der Waals surface area contributed by atoms with E-state index in [4.69, 9.17) is 14.5 Å². The van der Waals surface area contributed by atoms with Gasteiger partial charge in [0.05, 0.1) is 25.1 Å². The van der Waals surface area contributed by atoms with Crippen molar-refractivity contribution in [3.8, 4) is 22.9 Å². The molecule has 0 spiro atoms. The highest BCUT2D eigenvalue weighted by Crippen LogP contribution is 2.31. The highest BCUT2D eigenvalue weighted by Gasteiger charge is 2.14. The number of aromatic nitrogens is 2. The van der Waals surface area contributed by atoms with Gasteiger partial charge in [0.15, 0.2) is 17.3 Å². The molecule has 4 aromatic rings. The molecule has 1 aromatic heterocycles. The maximum absolute atomic E-state index is 13.2. The van der Waals surface area contributed by atoms with E-state index in [1.165, 1.54) is 4.68 Å². The fourth-order valence-electron chi connectivity index (χ4n) is 3.22. The van der Waals surface area contributed by atoms with Crippen molar-refractivity contribution >= 4 is 23.2 Å². The van der Waals surface area contributed by atoms with Gasteiger partial charge in [0.25, 0.3) is 5.56 Å². The molecular formula is C25H21N3O3. The Bertz CT molecular complexity index is 1330. The molecule has 6 nitrogen and oxygen atoms in total. The lowest BCUT2D eigenvalue weighted by Gasteiger charge is -2.12. The summed E-state index contributed by atoms with van der Waals surface area (Å²) in [6.07, 6.45) is 5.28. The third-order valence-electron chi connectivity index (χ3n) is 4.75. The van der Waals surface area contributed by atoms with Gasteiger partial charge < -0.3 is 9.47 Å². The average molecular weight is 411 g/mol. The largest absolute Gasteiger partial charge is 0.493 e. The molecule has 0 atom stereocenters. The molecule has 0 bridgehead atoms. The smallest absolute Gasteiger partial charge is 0.282 e. The summed E-state index contributed by atoms with van der Waals surface area (Å²) in [4.78, 5) is 17.9. The molecule has 3 aromatic carbocycles. The number of para-hydroxylation sites is 1. The number of methoxy groups -OCH3 is 2. The van der Waals surface area contributed by atoms with E-state index in [1.807, 2.05) is 60.7 Å². The van der Waals surface area contributed by atoms with Crippen molar-refractivity contribution in [2.24, 2.45) is 5.10 Å². The molecule has 4 rings (SSSR count). The van der Waals surface area contributed by atoms with Gasteiger partial charge in [-0.05, 0) is 42.0 Å². The van der Waals surface area contributed by atoms with Gasteiger partial charge in [0, 0.05) is 11.8 Å². The molecule has 31 heavy (non-hydrogen) atoms. The highest BCUT2D eigenvalue weighted by atomic mass is 16.5. The fourth-order valence-corrected chi connectivity index (χ4v) is 3.22. The van der Waals surface area contributed by atoms with Crippen LogP contribution in [-0.4, -0.2) is 30.1 Å². The Kier molecular flexibility index (Phi) is 5.89. The van der Waals surface area contributed by atoms with E-state index in [-0.39, 0.29) is 5.56 Å². The SMILES string of the molecule is COc1ccc(-c2nc3ccccc3c(=O)n2/N=C\C=C\c2ccccc2)cc1OC. The first-order valence-electron chi connectivity index (χ1n) is 9.71. The van der Waals surface area contributed by atoms with E-state index in [2.05, 4.69) is 5.10 Å². The number of benzene rings is 3. The number of allylic oxidation sites excluding steroid dienone is 1. The Morgan fingerprint density at radius 3 is 2.42 bits per heavy atom. The molecule has 1 heterocycles. The van der Waals surface area contributed by atoms with Crippen LogP contribution < -0.4 is 15.0 Å². The predicted octanol–water partition coefficient (Wildman–Crippen LogP) is 4.63. The summed E-state index contributed by atoms with van der Waals surface area (Å²) >= 11 is 0. The van der Waals surface area contributed by atoms with Crippen molar-refractivity contribution in [2.75, 3.05) is 14.2 Å². The molecular weight excluding hydrogens is 390 g/mol. The van der Waals surface area contributed by atoms with Gasteiger partial charge in [-0.1, -0.05) is 48.5 Å². The first-order chi connectivity index (χ1) is 15.2. The molecule has 0 fully saturated rings. The van der Waals surface area contributed by atoms with Crippen LogP contribution in [0.1, 0.15) is 5.56 Å². The molecule has 0 unspecified atom stereocenters. The van der Waals surface area contributed by atoms with Gasteiger partial charge in [-0.3, -0.25) is 4.79 Å². The molecule has 0 N–H and O–H groups in total. The maximum Gasteiger partial charge on any atom is 0.282 e. The molecule has 0 aliphatic carbocycles. The number of rotatable bonds is 6. The zero-order valence-corrected chi connectivity index (χ0v) is 17.2. The van der Waals surface area contributed by atoms with Crippen LogP contribution in [0.5, 0.6) is 11.5 Å². The zero-order valence-electron chi connectivity index (χ0n) is 17.2. The van der Waals surface area contributed by atoms with E-state index >= 15 is 0 Å². The van der Waals surface area contributed by atoms with Crippen molar-refractivity contribution < 1.29 is 9.47 Å². The van der Waals surface area contributed by atoms with Crippen LogP contribution in [0.4, 0.5) is 0 Å². The molecule has 0 radical (unpaired) electrons. The molecule has 6 heteroatoms. The molecule has 0 saturated heterocycles. The molecule has 0 aliphatic heterocycles. The number of nitrogens with zero attached hydrogens (tertiary/aromatic N) is 3. The van der Waals surface area contributed by atoms with Crippen LogP contribution in [0.3, 0.4) is 0 Å². The van der Waals surface area contributed by atoms with Crippen molar-refractivity contribution in [2.45, 2.75) is 0 Å². The van der Waals surface area contributed by atoms with Gasteiger partial charge >= 0.3 is 0 Å². The second-order valence-corrected chi connectivity index (χ2v) is 6.67. The monoisotopic (exact) mass is 411 g/mol. The summed E-state index contributed by atoms with van der Waals surface area (Å²) < 4.78 is 12.0. The summed E-state index contributed by atoms with van der Waals surface area (Å²) in [6, 6.07) is 22.5. The summed E-state index contributed by atoms with van der Waals surface area (Å²) in [5, 5.41) is 4.90. The van der Waals surface area contributed by atoms with Crippen LogP contribution >= 0.6 is 0 Å². The minimum Gasteiger partial charge on any atom is -0.493 e. The van der Waals surface area contributed by atoms with Gasteiger partial charge in [-0.15, -0.1) is 0 Å². The first-order valence-corrected chi connectivity index (χ1v) is 9.71. The third kappa shape index (κ3) is 4.23. The van der Waals surface area contributed by atoms with Crippen LogP contribution in [0, 0.1) is 0 Å². The Morgan fingerprint density at radius 2 is 1.65 bits per heavy atom. The fraction of sp³-hybridized carbons (Fsp3) is 0.0800. The van der Waals surface area contributed by atoms with E-state index in [0.717, 1.165) is 5.56 Å². The minimum absolute atomic E-state index is 0.250. The van der Waals surface area contributed by atoms with Crippen molar-refractivity contribution in [1.82, 2.24) is 9.66 Å². The quantitative estimate of drug-likeness (QED) is 0.434. The van der Waals surface area contributed by atoms with Crippen LogP contribution in [0.15, 0.2) is 88.8 Å². The summed E-state index contributed by atoms with van der Waals surface area (Å²) in [5.74, 6) is 1.55. The second kappa shape index (κ2) is 9.09. The zero-order chi connectivity index (χ0) is 21.6. The minimum atomic E-state index is -0.250. The van der Waals surface area contributed by atoms with E-state index in [0.29, 0.717) is 33.8 Å². The lowest BCUT2D eigenvalue weighted by atomic mass is 10.1. The maximum atomic E-state index is 13.2. The van der Waals surface area contributed by atoms with Gasteiger partial charge in [-0.25, -0.2) is 4.98 Å². The molecule has 0 aliphatic rings. The lowest BCUT2D eigenvalue weighted by Crippen LogP contribution is -2.20. The lowest BCUT2D eigenvalue weighted by molar-refractivity contribution is 0.355. The average Bonchev–Trinajstić information content (AvgIpc) is 2.83. The standard InChI is InChI=1S/C25H21N3O3/c1-30-22-15-14-19(17-23(22)31-2)24-27-21-13-7-6-12-20(21)25(29)28(24)26-16-8-11-18-9-4-3-5-10-18/h3-17H,1-2H3/b11-8+,26-16-. The molecule has 0 amide bonds. The topological polar surface area (TPSA) is 65.7 Å². The normalized spacial score (nSPS) is 11.4. The second-order valence-electron chi connectivity index (χ2n) is 6.67. The third-order valence-corrected chi connectivity index (χ3v) is 4.75. The summed E-state index contributed by atoms with van der Waals surface area (Å²) in [5.41, 5.74) is 2.08. The number of hydrogen-bond donors (Lipinski definition) is 0. The number of hydrogen-bond acceptors (Lipinski definition) is 5. The van der Waals surface area contributed by atoms with Gasteiger partial charge in [0.2, 0.25) is 0 Å². The Morgan fingerprint density at radius 1 is 0.903 bits per heavy atom. The van der Waals surface area contributed by atoms with Crippen LogP contribution in [0.25, 0.3) is 28.4 Å². The van der Waals surface area contributed by atoms with Crippen LogP contribution in [-0.2, 0) is 0 Å². The van der Waals surface area contributed by atoms with Crippen molar-refractivity contribution in [3.05, 3.63) is 94.8 Å². The summed E-state index contributed by atoms with van der Waals surface area (Å²) in [6.45, 7) is 0. The number of ether oxygens (including phenoxy) is 2. The Labute approximate surface area is 179 Å². The van der Waals surface area contributed by atoms with Gasteiger partial charge in [0.1, 0.15) is 0 Å².